The van der Waals surface area contributed by atoms with Gasteiger partial charge in [0.1, 0.15) is 5.01 Å². The molecular weight excluding hydrogens is 411 g/mol. The largest absolute Gasteiger partial charge is 0.404 e. The van der Waals surface area contributed by atoms with Gasteiger partial charge in [-0.25, -0.2) is 4.98 Å². The van der Waals surface area contributed by atoms with Crippen LogP contribution in [0.15, 0.2) is 54.6 Å². The molecule has 1 atom stereocenters. The fourth-order valence-electron chi connectivity index (χ4n) is 4.02. The van der Waals surface area contributed by atoms with E-state index in [0.29, 0.717) is 11.6 Å². The van der Waals surface area contributed by atoms with Gasteiger partial charge in [0.05, 0.1) is 16.8 Å². The Morgan fingerprint density at radius 2 is 1.87 bits per heavy atom. The molecule has 1 unspecified atom stereocenters. The molecule has 0 aliphatic carbocycles. The predicted octanol–water partition coefficient (Wildman–Crippen LogP) is 4.71. The van der Waals surface area contributed by atoms with Crippen LogP contribution in [0.4, 0.5) is 13.2 Å². The quantitative estimate of drug-likeness (QED) is 0.585. The van der Waals surface area contributed by atoms with Crippen molar-refractivity contribution in [2.45, 2.75) is 25.7 Å². The molecule has 1 aliphatic rings. The van der Waals surface area contributed by atoms with Crippen molar-refractivity contribution in [1.29, 1.82) is 0 Å². The number of amides is 1. The first-order chi connectivity index (χ1) is 14.3. The molecule has 158 valence electrons. The Bertz CT molecular complexity index is 1000. The molecule has 1 amide bonds. The van der Waals surface area contributed by atoms with E-state index in [1.807, 2.05) is 54.6 Å². The number of fused-ring (bicyclic) bond motifs is 1. The first-order valence-corrected chi connectivity index (χ1v) is 10.5. The summed E-state index contributed by atoms with van der Waals surface area (Å²) in [5.41, 5.74) is -0.655. The van der Waals surface area contributed by atoms with Gasteiger partial charge in [-0.15, -0.1) is 11.3 Å². The average molecular weight is 433 g/mol. The number of halogens is 3. The van der Waals surface area contributed by atoms with Crippen LogP contribution >= 0.6 is 11.3 Å². The molecule has 1 aliphatic heterocycles. The first kappa shape index (κ1) is 20.8. The molecule has 30 heavy (non-hydrogen) atoms. The van der Waals surface area contributed by atoms with E-state index in [1.165, 1.54) is 23.3 Å². The van der Waals surface area contributed by atoms with E-state index in [9.17, 15) is 18.0 Å². The molecule has 0 bridgehead atoms. The lowest BCUT2D eigenvalue weighted by molar-refractivity contribution is -0.223. The summed E-state index contributed by atoms with van der Waals surface area (Å²) in [5, 5.41) is 0.628. The maximum Gasteiger partial charge on any atom is 0.404 e. The van der Waals surface area contributed by atoms with Gasteiger partial charge < -0.3 is 4.90 Å². The van der Waals surface area contributed by atoms with Crippen molar-refractivity contribution in [2.75, 3.05) is 20.1 Å². The Balaban J connectivity index is 1.52. The average Bonchev–Trinajstić information content (AvgIpc) is 3.32. The number of alkyl halides is 3. The molecular formula is C22H22F3N3OS. The topological polar surface area (TPSA) is 36.4 Å². The van der Waals surface area contributed by atoms with Crippen molar-refractivity contribution in [3.05, 3.63) is 65.2 Å². The molecule has 0 spiro atoms. The molecule has 1 aromatic heterocycles. The van der Waals surface area contributed by atoms with Gasteiger partial charge in [-0.05, 0) is 30.7 Å². The monoisotopic (exact) mass is 433 g/mol. The molecule has 3 aromatic rings. The number of thiazole rings is 1. The van der Waals surface area contributed by atoms with E-state index in [0.717, 1.165) is 15.8 Å². The fourth-order valence-corrected chi connectivity index (χ4v) is 5.04. The lowest BCUT2D eigenvalue weighted by Gasteiger charge is -2.34. The van der Waals surface area contributed by atoms with Crippen molar-refractivity contribution in [1.82, 2.24) is 14.8 Å². The van der Waals surface area contributed by atoms with Crippen LogP contribution in [-0.2, 0) is 17.9 Å². The maximum atomic E-state index is 14.2. The maximum absolute atomic E-state index is 14.2. The van der Waals surface area contributed by atoms with Gasteiger partial charge >= 0.3 is 6.18 Å². The first-order valence-electron chi connectivity index (χ1n) is 9.71. The van der Waals surface area contributed by atoms with Gasteiger partial charge in [-0.2, -0.15) is 13.2 Å². The van der Waals surface area contributed by atoms with Crippen LogP contribution in [0.2, 0.25) is 0 Å². The molecule has 1 saturated heterocycles. The number of nitrogens with zero attached hydrogens (tertiary/aromatic N) is 3. The molecule has 4 nitrogen and oxygen atoms in total. The third kappa shape index (κ3) is 3.94. The van der Waals surface area contributed by atoms with E-state index in [2.05, 4.69) is 4.98 Å². The SMILES string of the molecule is CN(Cc1nc2ccccc2s1)C(=O)C1(C(F)(F)F)CCN(Cc2ccccc2)C1. The van der Waals surface area contributed by atoms with Gasteiger partial charge in [0.2, 0.25) is 5.91 Å². The smallest absolute Gasteiger partial charge is 0.338 e. The lowest BCUT2D eigenvalue weighted by atomic mass is 9.84. The Morgan fingerprint density at radius 3 is 2.57 bits per heavy atom. The summed E-state index contributed by atoms with van der Waals surface area (Å²) >= 11 is 1.40. The van der Waals surface area contributed by atoms with Crippen LogP contribution in [0, 0.1) is 5.41 Å². The van der Waals surface area contributed by atoms with Crippen molar-refractivity contribution < 1.29 is 18.0 Å². The van der Waals surface area contributed by atoms with E-state index in [4.69, 9.17) is 0 Å². The Hall–Kier alpha value is -2.45. The normalized spacial score (nSPS) is 20.0. The van der Waals surface area contributed by atoms with Crippen LogP contribution < -0.4 is 0 Å². The summed E-state index contributed by atoms with van der Waals surface area (Å²) in [4.78, 5) is 20.4. The van der Waals surface area contributed by atoms with Gasteiger partial charge in [-0.3, -0.25) is 9.69 Å². The predicted molar refractivity (Wildman–Crippen MR) is 111 cm³/mol. The van der Waals surface area contributed by atoms with Crippen LogP contribution in [0.5, 0.6) is 0 Å². The second-order valence-corrected chi connectivity index (χ2v) is 8.88. The van der Waals surface area contributed by atoms with Gasteiger partial charge in [-0.1, -0.05) is 42.5 Å². The highest BCUT2D eigenvalue weighted by Crippen LogP contribution is 2.47. The van der Waals surface area contributed by atoms with Crippen molar-refractivity contribution >= 4 is 27.5 Å². The van der Waals surface area contributed by atoms with E-state index in [1.54, 1.807) is 4.90 Å². The molecule has 0 saturated carbocycles. The van der Waals surface area contributed by atoms with Gasteiger partial charge in [0.25, 0.3) is 0 Å². The Labute approximate surface area is 176 Å². The van der Waals surface area contributed by atoms with Gasteiger partial charge in [0, 0.05) is 20.1 Å². The molecule has 0 radical (unpaired) electrons. The Kier molecular flexibility index (Phi) is 5.55. The molecule has 8 heteroatoms. The zero-order valence-corrected chi connectivity index (χ0v) is 17.3. The fraction of sp³-hybridized carbons (Fsp3) is 0.364. The van der Waals surface area contributed by atoms with Crippen molar-refractivity contribution in [3.63, 3.8) is 0 Å². The number of carbonyl (C=O) groups excluding carboxylic acids is 1. The highest BCUT2D eigenvalue weighted by Gasteiger charge is 2.63. The van der Waals surface area contributed by atoms with Gasteiger partial charge in [0.15, 0.2) is 5.41 Å². The zero-order chi connectivity index (χ0) is 21.4. The number of rotatable bonds is 5. The standard InChI is InChI=1S/C22H22F3N3OS/c1-27(14-19-26-17-9-5-6-10-18(17)30-19)20(29)21(22(23,24)25)11-12-28(15-21)13-16-7-3-2-4-8-16/h2-10H,11-15H2,1H3. The molecule has 2 aromatic carbocycles. The minimum absolute atomic E-state index is 0.0642. The lowest BCUT2D eigenvalue weighted by Crippen LogP contribution is -2.52. The highest BCUT2D eigenvalue weighted by molar-refractivity contribution is 7.18. The van der Waals surface area contributed by atoms with Crippen molar-refractivity contribution in [2.24, 2.45) is 5.41 Å². The highest BCUT2D eigenvalue weighted by atomic mass is 32.1. The minimum Gasteiger partial charge on any atom is -0.338 e. The number of carbonyl (C=O) groups is 1. The summed E-state index contributed by atoms with van der Waals surface area (Å²) in [5.74, 6) is -0.884. The summed E-state index contributed by atoms with van der Waals surface area (Å²) < 4.78 is 43.4. The number of para-hydroxylation sites is 1. The third-order valence-electron chi connectivity index (χ3n) is 5.61. The summed E-state index contributed by atoms with van der Waals surface area (Å²) in [6.45, 7) is 0.367. The second kappa shape index (κ2) is 8.00. The van der Waals surface area contributed by atoms with E-state index >= 15 is 0 Å². The van der Waals surface area contributed by atoms with E-state index in [-0.39, 0.29) is 26.1 Å². The Morgan fingerprint density at radius 1 is 1.17 bits per heavy atom. The second-order valence-electron chi connectivity index (χ2n) is 7.76. The third-order valence-corrected chi connectivity index (χ3v) is 6.63. The number of hydrogen-bond donors (Lipinski definition) is 0. The van der Waals surface area contributed by atoms with Crippen LogP contribution in [0.3, 0.4) is 0 Å². The van der Waals surface area contributed by atoms with Crippen LogP contribution in [0.25, 0.3) is 10.2 Å². The van der Waals surface area contributed by atoms with Crippen LogP contribution in [-0.4, -0.2) is 47.0 Å². The number of hydrogen-bond acceptors (Lipinski definition) is 4. The number of benzene rings is 2. The molecule has 2 heterocycles. The molecule has 1 fully saturated rings. The summed E-state index contributed by atoms with van der Waals surface area (Å²) in [6.07, 6.45) is -4.84. The summed E-state index contributed by atoms with van der Waals surface area (Å²) in [7, 11) is 1.43. The van der Waals surface area contributed by atoms with Crippen molar-refractivity contribution in [3.8, 4) is 0 Å². The molecule has 4 rings (SSSR count). The molecule has 0 N–H and O–H groups in total. The minimum atomic E-state index is -4.61. The van der Waals surface area contributed by atoms with E-state index < -0.39 is 17.5 Å². The zero-order valence-electron chi connectivity index (χ0n) is 16.5. The van der Waals surface area contributed by atoms with Crippen LogP contribution in [0.1, 0.15) is 17.0 Å². The number of aromatic nitrogens is 1. The number of likely N-dealkylation sites (tertiary alicyclic amines) is 1. The summed E-state index contributed by atoms with van der Waals surface area (Å²) in [6, 6.07) is 16.9.